The van der Waals surface area contributed by atoms with Gasteiger partial charge < -0.3 is 9.94 Å². The van der Waals surface area contributed by atoms with Gasteiger partial charge in [-0.05, 0) is 43.3 Å². The van der Waals surface area contributed by atoms with Crippen molar-refractivity contribution in [2.75, 3.05) is 7.11 Å². The Morgan fingerprint density at radius 3 is 2.26 bits per heavy atom. The summed E-state index contributed by atoms with van der Waals surface area (Å²) in [7, 11) is 1.59. The Kier molecular flexibility index (Phi) is 3.85. The van der Waals surface area contributed by atoms with Crippen LogP contribution in [0.15, 0.2) is 60.8 Å². The fourth-order valence-corrected chi connectivity index (χ4v) is 2.52. The molecule has 5 nitrogen and oxygen atoms in total. The third-order valence-electron chi connectivity index (χ3n) is 3.79. The van der Waals surface area contributed by atoms with Crippen LogP contribution < -0.4 is 9.16 Å². The highest BCUT2D eigenvalue weighted by atomic mass is 16.5. The number of ether oxygens (including phenoxy) is 1. The first kappa shape index (κ1) is 14.8. The molecule has 0 spiro atoms. The Balaban J connectivity index is 2.24. The molecule has 0 amide bonds. The van der Waals surface area contributed by atoms with Crippen molar-refractivity contribution in [3.8, 4) is 28.3 Å². The normalized spacial score (nSPS) is 10.5. The van der Waals surface area contributed by atoms with Crippen molar-refractivity contribution in [3.05, 3.63) is 71.4 Å². The van der Waals surface area contributed by atoms with E-state index in [1.165, 1.54) is 6.20 Å². The molecule has 0 aliphatic heterocycles. The smallest absolute Gasteiger partial charge is 0.293 e. The van der Waals surface area contributed by atoms with Crippen molar-refractivity contribution in [2.24, 2.45) is 0 Å². The molecule has 0 fully saturated rings. The molecule has 1 N–H and O–H groups in total. The van der Waals surface area contributed by atoms with E-state index in [-0.39, 0.29) is 0 Å². The molecule has 0 atom stereocenters. The summed E-state index contributed by atoms with van der Waals surface area (Å²) in [4.78, 5) is 12.9. The molecule has 5 heteroatoms. The summed E-state index contributed by atoms with van der Waals surface area (Å²) in [6.45, 7) is 1.70. The second kappa shape index (κ2) is 5.96. The molecule has 0 saturated carbocycles. The highest BCUT2D eigenvalue weighted by molar-refractivity contribution is 5.62. The van der Waals surface area contributed by atoms with Gasteiger partial charge in [-0.2, -0.15) is 4.73 Å². The summed E-state index contributed by atoms with van der Waals surface area (Å²) < 4.78 is 6.97. The van der Waals surface area contributed by atoms with E-state index in [9.17, 15) is 10.1 Å². The Bertz CT molecular complexity index is 885. The van der Waals surface area contributed by atoms with Gasteiger partial charge in [0.2, 0.25) is 0 Å². The summed E-state index contributed by atoms with van der Waals surface area (Å²) in [5, 5.41) is 10.2. The molecular weight excluding hydrogens is 292 g/mol. The molecule has 23 heavy (non-hydrogen) atoms. The van der Waals surface area contributed by atoms with Crippen molar-refractivity contribution in [1.82, 2.24) is 4.73 Å². The molecule has 116 valence electrons. The van der Waals surface area contributed by atoms with E-state index in [1.54, 1.807) is 38.3 Å². The van der Waals surface area contributed by atoms with Crippen LogP contribution in [-0.4, -0.2) is 17.0 Å². The van der Waals surface area contributed by atoms with Gasteiger partial charge >= 0.3 is 0 Å². The molecule has 0 unspecified atom stereocenters. The minimum Gasteiger partial charge on any atom is -0.497 e. The zero-order valence-electron chi connectivity index (χ0n) is 12.9. The third-order valence-corrected chi connectivity index (χ3v) is 3.79. The maximum atomic E-state index is 12.9. The quantitative estimate of drug-likeness (QED) is 0.596. The minimum atomic E-state index is 0.379. The molecule has 2 aromatic carbocycles. The molecule has 0 aliphatic rings. The first-order valence-electron chi connectivity index (χ1n) is 7.19. The van der Waals surface area contributed by atoms with Gasteiger partial charge in [0, 0.05) is 4.91 Å². The van der Waals surface area contributed by atoms with Crippen molar-refractivity contribution in [2.45, 2.75) is 6.92 Å². The molecule has 3 aromatic rings. The number of nitrogens with zero attached hydrogens (tertiary/aromatic N) is 2. The zero-order chi connectivity index (χ0) is 16.4. The summed E-state index contributed by atoms with van der Waals surface area (Å²) in [6.07, 6.45) is 1.42. The van der Waals surface area contributed by atoms with Crippen molar-refractivity contribution in [1.29, 1.82) is 0 Å². The van der Waals surface area contributed by atoms with E-state index in [0.29, 0.717) is 28.4 Å². The van der Waals surface area contributed by atoms with Crippen LogP contribution in [0.25, 0.3) is 22.5 Å². The Hall–Kier alpha value is -3.08. The van der Waals surface area contributed by atoms with Crippen molar-refractivity contribution in [3.63, 3.8) is 0 Å². The van der Waals surface area contributed by atoms with Gasteiger partial charge in [0.25, 0.3) is 11.4 Å². The topological polar surface area (TPSA) is 57.4 Å². The van der Waals surface area contributed by atoms with Gasteiger partial charge in [-0.25, -0.2) is 0 Å². The van der Waals surface area contributed by atoms with E-state index >= 15 is 0 Å². The average Bonchev–Trinajstić information content (AvgIpc) is 2.59. The maximum absolute atomic E-state index is 12.9. The molecule has 0 aliphatic carbocycles. The molecule has 3 rings (SSSR count). The Labute approximate surface area is 133 Å². The van der Waals surface area contributed by atoms with Crippen molar-refractivity contribution >= 4 is 0 Å². The number of hydrogen-bond donors (Lipinski definition) is 1. The molecule has 1 heterocycles. The monoisotopic (exact) mass is 309 g/mol. The lowest BCUT2D eigenvalue weighted by atomic mass is 10.1. The van der Waals surface area contributed by atoms with Crippen molar-refractivity contribution < 1.29 is 14.4 Å². The van der Waals surface area contributed by atoms with Gasteiger partial charge in [-0.1, -0.05) is 18.2 Å². The van der Waals surface area contributed by atoms with E-state index < -0.39 is 0 Å². The summed E-state index contributed by atoms with van der Waals surface area (Å²) in [5.41, 5.74) is 2.69. The molecule has 0 bridgehead atoms. The van der Waals surface area contributed by atoms with Crippen LogP contribution in [0.2, 0.25) is 0 Å². The number of rotatable bonds is 3. The third kappa shape index (κ3) is 2.68. The van der Waals surface area contributed by atoms with Gasteiger partial charge in [-0.15, -0.1) is 0 Å². The lowest BCUT2D eigenvalue weighted by Gasteiger charge is -2.06. The van der Waals surface area contributed by atoms with Crippen LogP contribution in [0.5, 0.6) is 5.75 Å². The van der Waals surface area contributed by atoms with Crippen LogP contribution >= 0.6 is 0 Å². The first-order valence-corrected chi connectivity index (χ1v) is 7.19. The lowest BCUT2D eigenvalue weighted by Crippen LogP contribution is -2.26. The van der Waals surface area contributed by atoms with Gasteiger partial charge in [0.05, 0.1) is 22.7 Å². The fraction of sp³-hybridized carbons (Fsp3) is 0.111. The second-order valence-electron chi connectivity index (χ2n) is 5.18. The largest absolute Gasteiger partial charge is 0.497 e. The SMILES string of the molecule is COc1ccc(-c2c(C)n(O)cc(-c3ccccc3)[n+]2=O)cc1. The van der Waals surface area contributed by atoms with Crippen LogP contribution in [0, 0.1) is 11.8 Å². The van der Waals surface area contributed by atoms with E-state index in [0.717, 1.165) is 14.7 Å². The lowest BCUT2D eigenvalue weighted by molar-refractivity contribution is -0.471. The Morgan fingerprint density at radius 2 is 1.65 bits per heavy atom. The molecule has 0 saturated heterocycles. The maximum Gasteiger partial charge on any atom is 0.293 e. The summed E-state index contributed by atoms with van der Waals surface area (Å²) in [6, 6.07) is 16.4. The Morgan fingerprint density at radius 1 is 1.00 bits per heavy atom. The number of benzene rings is 2. The number of aromatic nitrogens is 2. The van der Waals surface area contributed by atoms with Gasteiger partial charge in [0.1, 0.15) is 17.6 Å². The average molecular weight is 309 g/mol. The van der Waals surface area contributed by atoms with Crippen LogP contribution in [0.3, 0.4) is 0 Å². The predicted octanol–water partition coefficient (Wildman–Crippen LogP) is 3.29. The highest BCUT2D eigenvalue weighted by Gasteiger charge is 2.24. The summed E-state index contributed by atoms with van der Waals surface area (Å²) >= 11 is 0. The number of methoxy groups -OCH3 is 1. The minimum absolute atomic E-state index is 0.379. The standard InChI is InChI=1S/C18H17N2O3/c1-13-18(15-8-10-16(23-2)11-9-15)20(22)17(12-19(13)21)14-6-4-3-5-7-14/h3-12,21H,1-2H3/q+1. The highest BCUT2D eigenvalue weighted by Crippen LogP contribution is 2.24. The zero-order valence-corrected chi connectivity index (χ0v) is 12.9. The van der Waals surface area contributed by atoms with Crippen LogP contribution in [-0.2, 0) is 0 Å². The van der Waals surface area contributed by atoms with E-state index in [2.05, 4.69) is 0 Å². The van der Waals surface area contributed by atoms with Gasteiger partial charge in [0.15, 0.2) is 0 Å². The van der Waals surface area contributed by atoms with E-state index in [4.69, 9.17) is 4.74 Å². The van der Waals surface area contributed by atoms with Gasteiger partial charge in [-0.3, -0.25) is 0 Å². The second-order valence-corrected chi connectivity index (χ2v) is 5.18. The predicted molar refractivity (Wildman–Crippen MR) is 87.1 cm³/mol. The fourth-order valence-electron chi connectivity index (χ4n) is 2.52. The first-order chi connectivity index (χ1) is 11.1. The number of hydrogen-bond acceptors (Lipinski definition) is 3. The molecule has 1 aromatic heterocycles. The van der Waals surface area contributed by atoms with Crippen LogP contribution in [0.1, 0.15) is 5.69 Å². The van der Waals surface area contributed by atoms with Crippen LogP contribution in [0.4, 0.5) is 0 Å². The molecular formula is C18H17N2O3+. The summed E-state index contributed by atoms with van der Waals surface area (Å²) in [5.74, 6) is 0.708. The van der Waals surface area contributed by atoms with E-state index in [1.807, 2.05) is 30.3 Å². The molecule has 0 radical (unpaired) electrons.